The van der Waals surface area contributed by atoms with Gasteiger partial charge in [0, 0.05) is 24.0 Å². The molecule has 1 unspecified atom stereocenters. The van der Waals surface area contributed by atoms with Crippen molar-refractivity contribution in [2.24, 2.45) is 7.05 Å². The summed E-state index contributed by atoms with van der Waals surface area (Å²) >= 11 is 0. The third-order valence-corrected chi connectivity index (χ3v) is 4.61. The van der Waals surface area contributed by atoms with Crippen LogP contribution in [0.3, 0.4) is 0 Å². The molecule has 0 saturated heterocycles. The summed E-state index contributed by atoms with van der Waals surface area (Å²) in [5, 5.41) is 10.3. The van der Waals surface area contributed by atoms with Crippen molar-refractivity contribution in [3.05, 3.63) is 85.2 Å². The summed E-state index contributed by atoms with van der Waals surface area (Å²) in [5.41, 5.74) is 4.62. The number of carbonyl (C=O) groups is 1. The lowest BCUT2D eigenvalue weighted by molar-refractivity contribution is -0.139. The van der Waals surface area contributed by atoms with E-state index in [9.17, 15) is 4.79 Å². The van der Waals surface area contributed by atoms with E-state index >= 15 is 0 Å². The van der Waals surface area contributed by atoms with Crippen LogP contribution in [0.2, 0.25) is 0 Å². The normalized spacial score (nSPS) is 11.9. The van der Waals surface area contributed by atoms with Crippen molar-refractivity contribution < 1.29 is 14.3 Å². The summed E-state index contributed by atoms with van der Waals surface area (Å²) in [5.74, 6) is -0.582. The average molecular weight is 386 g/mol. The molecule has 29 heavy (non-hydrogen) atoms. The van der Waals surface area contributed by atoms with Crippen LogP contribution in [0.1, 0.15) is 5.56 Å². The van der Waals surface area contributed by atoms with Gasteiger partial charge in [0.25, 0.3) is 0 Å². The molecule has 0 radical (unpaired) electrons. The Morgan fingerprint density at radius 3 is 2.66 bits per heavy atom. The number of esters is 1. The maximum atomic E-state index is 11.1. The van der Waals surface area contributed by atoms with Crippen molar-refractivity contribution >= 4 is 16.9 Å². The van der Waals surface area contributed by atoms with Crippen molar-refractivity contribution in [1.82, 2.24) is 4.57 Å². The topological polar surface area (TPSA) is 64.2 Å². The molecule has 3 aromatic rings. The number of hydrogen-bond acceptors (Lipinski definition) is 4. The molecule has 0 fully saturated rings. The zero-order chi connectivity index (χ0) is 20.6. The Kier molecular flexibility index (Phi) is 6.49. The molecule has 5 heteroatoms. The summed E-state index contributed by atoms with van der Waals surface area (Å²) in [7, 11) is 2.06. The number of carbonyl (C=O) groups excluding carboxylic acids is 1. The molecule has 0 N–H and O–H groups in total. The molecule has 1 heterocycles. The second-order valence-electron chi connectivity index (χ2n) is 6.43. The zero-order valence-electron chi connectivity index (χ0n) is 16.2. The van der Waals surface area contributed by atoms with E-state index in [-0.39, 0.29) is 6.61 Å². The second kappa shape index (κ2) is 9.43. The number of nitrogens with zero attached hydrogens (tertiary/aromatic N) is 2. The largest absolute Gasteiger partial charge is 0.480 e. The molecule has 0 aliphatic heterocycles. The van der Waals surface area contributed by atoms with Crippen LogP contribution in [0.5, 0.6) is 0 Å². The molecule has 0 saturated carbocycles. The number of hydrogen-bond donors (Lipinski definition) is 0. The highest BCUT2D eigenvalue weighted by molar-refractivity contribution is 5.92. The van der Waals surface area contributed by atoms with Crippen LogP contribution in [-0.2, 0) is 27.7 Å². The van der Waals surface area contributed by atoms with Gasteiger partial charge in [-0.25, -0.2) is 4.79 Å². The predicted molar refractivity (Wildman–Crippen MR) is 113 cm³/mol. The maximum absolute atomic E-state index is 11.1. The lowest BCUT2D eigenvalue weighted by Crippen LogP contribution is -2.17. The summed E-state index contributed by atoms with van der Waals surface area (Å²) in [6, 6.07) is 20.5. The Morgan fingerprint density at radius 2 is 1.93 bits per heavy atom. The highest BCUT2D eigenvalue weighted by Gasteiger charge is 2.15. The van der Waals surface area contributed by atoms with Crippen LogP contribution < -0.4 is 0 Å². The minimum absolute atomic E-state index is 0.144. The first-order valence-electron chi connectivity index (χ1n) is 9.26. The van der Waals surface area contributed by atoms with E-state index in [1.807, 2.05) is 42.5 Å². The number of benzene rings is 2. The molecular weight excluding hydrogens is 364 g/mol. The highest BCUT2D eigenvalue weighted by atomic mass is 16.6. The van der Waals surface area contributed by atoms with Crippen LogP contribution in [0, 0.1) is 11.3 Å². The van der Waals surface area contributed by atoms with Crippen LogP contribution in [0.15, 0.2) is 79.6 Å². The molecule has 2 aromatic carbocycles. The van der Waals surface area contributed by atoms with Gasteiger partial charge in [0.05, 0.1) is 12.0 Å². The fourth-order valence-electron chi connectivity index (χ4n) is 3.28. The first-order valence-corrected chi connectivity index (χ1v) is 9.26. The molecule has 1 aromatic heterocycles. The number of allylic oxidation sites excluding steroid dienone is 1. The zero-order valence-corrected chi connectivity index (χ0v) is 16.2. The van der Waals surface area contributed by atoms with Gasteiger partial charge in [-0.05, 0) is 29.7 Å². The van der Waals surface area contributed by atoms with Crippen molar-refractivity contribution in [2.75, 3.05) is 6.61 Å². The summed E-state index contributed by atoms with van der Waals surface area (Å²) in [6.45, 7) is 3.18. The van der Waals surface area contributed by atoms with Gasteiger partial charge >= 0.3 is 5.97 Å². The number of fused-ring (bicyclic) bond motifs is 1. The van der Waals surface area contributed by atoms with E-state index in [1.54, 1.807) is 0 Å². The van der Waals surface area contributed by atoms with Crippen molar-refractivity contribution in [1.29, 1.82) is 5.26 Å². The van der Waals surface area contributed by atoms with E-state index in [0.29, 0.717) is 6.42 Å². The Labute approximate surface area is 170 Å². The number of ether oxygens (including phenoxy) is 2. The van der Waals surface area contributed by atoms with Gasteiger partial charge in [0.1, 0.15) is 12.7 Å². The fourth-order valence-corrected chi connectivity index (χ4v) is 3.28. The SMILES string of the molecule is C=CC(=O)OCC(C#N)OC=CCc1c(-c2ccccc2)n(C)c2ccccc12. The summed E-state index contributed by atoms with van der Waals surface area (Å²) < 4.78 is 12.5. The average Bonchev–Trinajstić information content (AvgIpc) is 3.05. The molecule has 0 aliphatic carbocycles. The molecule has 3 rings (SSSR count). The Balaban J connectivity index is 1.81. The van der Waals surface area contributed by atoms with Gasteiger partial charge in [0.2, 0.25) is 6.10 Å². The lowest BCUT2D eigenvalue weighted by atomic mass is 10.0. The van der Waals surface area contributed by atoms with Crippen molar-refractivity contribution in [3.8, 4) is 17.3 Å². The quantitative estimate of drug-likeness (QED) is 0.324. The molecular formula is C24H22N2O3. The van der Waals surface area contributed by atoms with E-state index in [1.165, 1.54) is 17.2 Å². The molecule has 146 valence electrons. The van der Waals surface area contributed by atoms with Crippen LogP contribution in [-0.4, -0.2) is 23.2 Å². The van der Waals surface area contributed by atoms with E-state index < -0.39 is 12.1 Å². The molecule has 5 nitrogen and oxygen atoms in total. The Morgan fingerprint density at radius 1 is 1.21 bits per heavy atom. The molecule has 0 spiro atoms. The number of aromatic nitrogens is 1. The Bertz CT molecular complexity index is 1070. The number of para-hydroxylation sites is 1. The minimum Gasteiger partial charge on any atom is -0.480 e. The monoisotopic (exact) mass is 386 g/mol. The van der Waals surface area contributed by atoms with Crippen molar-refractivity contribution in [2.45, 2.75) is 12.5 Å². The standard InChI is InChI=1S/C24H22N2O3/c1-3-23(27)29-17-19(16-25)28-15-9-13-21-20-12-7-8-14-22(20)26(2)24(21)18-10-5-4-6-11-18/h3-12,14-15,19H,1,13,17H2,2H3. The van der Waals surface area contributed by atoms with Crippen LogP contribution >= 0.6 is 0 Å². The van der Waals surface area contributed by atoms with Crippen molar-refractivity contribution in [3.63, 3.8) is 0 Å². The molecule has 1 atom stereocenters. The van der Waals surface area contributed by atoms with Gasteiger partial charge in [-0.15, -0.1) is 0 Å². The van der Waals surface area contributed by atoms with E-state index in [0.717, 1.165) is 22.9 Å². The first kappa shape index (κ1) is 20.0. The third-order valence-electron chi connectivity index (χ3n) is 4.61. The molecule has 0 bridgehead atoms. The maximum Gasteiger partial charge on any atom is 0.330 e. The smallest absolute Gasteiger partial charge is 0.330 e. The van der Waals surface area contributed by atoms with E-state index in [4.69, 9.17) is 14.7 Å². The van der Waals surface area contributed by atoms with Gasteiger partial charge < -0.3 is 14.0 Å². The number of aryl methyl sites for hydroxylation is 1. The number of nitriles is 1. The predicted octanol–water partition coefficient (Wildman–Crippen LogP) is 4.54. The third kappa shape index (κ3) is 4.56. The summed E-state index contributed by atoms with van der Waals surface area (Å²) in [4.78, 5) is 11.1. The number of rotatable bonds is 8. The van der Waals surface area contributed by atoms with E-state index in [2.05, 4.69) is 42.5 Å². The highest BCUT2D eigenvalue weighted by Crippen LogP contribution is 2.33. The van der Waals surface area contributed by atoms with Gasteiger partial charge in [-0.3, -0.25) is 0 Å². The van der Waals surface area contributed by atoms with Crippen LogP contribution in [0.25, 0.3) is 22.2 Å². The van der Waals surface area contributed by atoms with Gasteiger partial charge in [-0.1, -0.05) is 55.1 Å². The fraction of sp³-hybridized carbons (Fsp3) is 0.167. The second-order valence-corrected chi connectivity index (χ2v) is 6.43. The minimum atomic E-state index is -0.865. The molecule has 0 amide bonds. The lowest BCUT2D eigenvalue weighted by Gasteiger charge is -2.09. The van der Waals surface area contributed by atoms with Crippen LogP contribution in [0.4, 0.5) is 0 Å². The van der Waals surface area contributed by atoms with Gasteiger partial charge in [0.15, 0.2) is 0 Å². The summed E-state index contributed by atoms with van der Waals surface area (Å²) in [6.07, 6.45) is 4.18. The van der Waals surface area contributed by atoms with Gasteiger partial charge in [-0.2, -0.15) is 5.26 Å². The molecule has 0 aliphatic rings. The Hall–Kier alpha value is -3.78. The first-order chi connectivity index (χ1) is 14.2.